The number of carbonyl (C=O) groups is 1. The number of hydrogen-bond donors (Lipinski definition) is 1. The molecule has 0 saturated carbocycles. The zero-order valence-corrected chi connectivity index (χ0v) is 26.6. The van der Waals surface area contributed by atoms with E-state index in [-0.39, 0.29) is 6.61 Å². The summed E-state index contributed by atoms with van der Waals surface area (Å²) in [7, 11) is 4.60. The van der Waals surface area contributed by atoms with Gasteiger partial charge in [-0.15, -0.1) is 0 Å². The van der Waals surface area contributed by atoms with Crippen LogP contribution in [-0.2, 0) is 26.5 Å². The highest BCUT2D eigenvalue weighted by Crippen LogP contribution is 2.44. The van der Waals surface area contributed by atoms with Crippen molar-refractivity contribution < 1.29 is 23.7 Å². The highest BCUT2D eigenvalue weighted by molar-refractivity contribution is 6.30. The van der Waals surface area contributed by atoms with Crippen molar-refractivity contribution in [1.82, 2.24) is 0 Å². The van der Waals surface area contributed by atoms with E-state index in [1.807, 2.05) is 84.9 Å². The number of carbonyl (C=O) groups excluding carboxylic acids is 1. The Morgan fingerprint density at radius 3 is 1.80 bits per heavy atom. The standard InChI is InChI=1S/C39H34ClNO5/c1-43-32-20-14-29(15-21-32)39(38(42)45-3,37(26-12-16-30(40)17-13-26)41-31-18-22-33(44-2)23-19-31)46-25-36-34-10-6-4-8-27(34)24-28-9-5-7-11-35(28)36/h4-24,37,41H,25H2,1-3H3/t37-,39-/m0/s1. The van der Waals surface area contributed by atoms with Gasteiger partial charge in [-0.25, -0.2) is 4.79 Å². The molecule has 1 N–H and O–H groups in total. The van der Waals surface area contributed by atoms with Gasteiger partial charge < -0.3 is 24.3 Å². The predicted molar refractivity (Wildman–Crippen MR) is 184 cm³/mol. The van der Waals surface area contributed by atoms with Gasteiger partial charge in [0.2, 0.25) is 5.60 Å². The summed E-state index contributed by atoms with van der Waals surface area (Å²) in [6.07, 6.45) is 0. The topological polar surface area (TPSA) is 66.0 Å². The van der Waals surface area contributed by atoms with Crippen LogP contribution in [0, 0.1) is 0 Å². The maximum Gasteiger partial charge on any atom is 0.345 e. The minimum Gasteiger partial charge on any atom is -0.497 e. The van der Waals surface area contributed by atoms with E-state index in [1.54, 1.807) is 26.4 Å². The minimum absolute atomic E-state index is 0.109. The van der Waals surface area contributed by atoms with Crippen molar-refractivity contribution in [3.05, 3.63) is 149 Å². The number of methoxy groups -OCH3 is 3. The van der Waals surface area contributed by atoms with Crippen LogP contribution < -0.4 is 14.8 Å². The number of benzene rings is 6. The third kappa shape index (κ3) is 5.97. The van der Waals surface area contributed by atoms with Crippen LogP contribution in [0.25, 0.3) is 21.5 Å². The van der Waals surface area contributed by atoms with Gasteiger partial charge in [-0.3, -0.25) is 0 Å². The summed E-state index contributed by atoms with van der Waals surface area (Å²) in [5.74, 6) is 0.791. The molecule has 6 rings (SSSR count). The summed E-state index contributed by atoms with van der Waals surface area (Å²) >= 11 is 6.35. The molecule has 0 spiro atoms. The molecule has 0 aliphatic carbocycles. The summed E-state index contributed by atoms with van der Waals surface area (Å²) in [6.45, 7) is 0.109. The van der Waals surface area contributed by atoms with Gasteiger partial charge in [0.15, 0.2) is 0 Å². The van der Waals surface area contributed by atoms with Crippen LogP contribution in [0.4, 0.5) is 5.69 Å². The Morgan fingerprint density at radius 2 is 1.26 bits per heavy atom. The molecular formula is C39H34ClNO5. The predicted octanol–water partition coefficient (Wildman–Crippen LogP) is 9.10. The lowest BCUT2D eigenvalue weighted by Crippen LogP contribution is -2.48. The Hall–Kier alpha value is -5.04. The summed E-state index contributed by atoms with van der Waals surface area (Å²) in [5.41, 5.74) is 1.40. The Labute approximate surface area is 273 Å². The molecule has 7 heteroatoms. The Morgan fingerprint density at radius 1 is 0.717 bits per heavy atom. The third-order valence-corrected chi connectivity index (χ3v) is 8.60. The van der Waals surface area contributed by atoms with Crippen molar-refractivity contribution in [3.8, 4) is 11.5 Å². The smallest absolute Gasteiger partial charge is 0.345 e. The van der Waals surface area contributed by atoms with Gasteiger partial charge in [-0.1, -0.05) is 84.4 Å². The second kappa shape index (κ2) is 13.5. The van der Waals surface area contributed by atoms with E-state index in [0.717, 1.165) is 38.4 Å². The van der Waals surface area contributed by atoms with E-state index >= 15 is 0 Å². The highest BCUT2D eigenvalue weighted by atomic mass is 35.5. The molecule has 2 atom stereocenters. The van der Waals surface area contributed by atoms with Crippen molar-refractivity contribution >= 4 is 44.8 Å². The zero-order valence-electron chi connectivity index (χ0n) is 25.8. The summed E-state index contributed by atoms with van der Waals surface area (Å²) in [6, 6.07) is 40.0. The quantitative estimate of drug-likeness (QED) is 0.114. The molecule has 0 heterocycles. The van der Waals surface area contributed by atoms with Gasteiger partial charge >= 0.3 is 5.97 Å². The second-order valence-corrected chi connectivity index (χ2v) is 11.3. The lowest BCUT2D eigenvalue weighted by atomic mass is 9.81. The van der Waals surface area contributed by atoms with Gasteiger partial charge in [0, 0.05) is 10.7 Å². The molecule has 6 aromatic carbocycles. The van der Waals surface area contributed by atoms with Crippen molar-refractivity contribution in [3.63, 3.8) is 0 Å². The van der Waals surface area contributed by atoms with Crippen molar-refractivity contribution in [2.24, 2.45) is 0 Å². The van der Waals surface area contributed by atoms with Gasteiger partial charge in [-0.2, -0.15) is 0 Å². The average molecular weight is 632 g/mol. The maximum absolute atomic E-state index is 14.4. The first-order valence-corrected chi connectivity index (χ1v) is 15.3. The summed E-state index contributed by atoms with van der Waals surface area (Å²) < 4.78 is 23.5. The number of fused-ring (bicyclic) bond motifs is 2. The molecular weight excluding hydrogens is 598 g/mol. The molecule has 0 saturated heterocycles. The van der Waals surface area contributed by atoms with Crippen LogP contribution in [0.1, 0.15) is 22.7 Å². The lowest BCUT2D eigenvalue weighted by molar-refractivity contribution is -0.177. The average Bonchev–Trinajstić information content (AvgIpc) is 3.11. The van der Waals surface area contributed by atoms with Crippen molar-refractivity contribution in [2.45, 2.75) is 18.2 Å². The van der Waals surface area contributed by atoms with E-state index in [0.29, 0.717) is 22.1 Å². The fourth-order valence-electron chi connectivity index (χ4n) is 6.00. The fraction of sp³-hybridized carbons (Fsp3) is 0.154. The van der Waals surface area contributed by atoms with Crippen molar-refractivity contribution in [2.75, 3.05) is 26.6 Å². The first-order chi connectivity index (χ1) is 22.5. The Balaban J connectivity index is 1.58. The van der Waals surface area contributed by atoms with E-state index in [1.165, 1.54) is 7.11 Å². The van der Waals surface area contributed by atoms with Crippen LogP contribution in [0.3, 0.4) is 0 Å². The van der Waals surface area contributed by atoms with Crippen LogP contribution in [-0.4, -0.2) is 27.3 Å². The van der Waals surface area contributed by atoms with Gasteiger partial charge in [-0.05, 0) is 92.8 Å². The van der Waals surface area contributed by atoms with Crippen LogP contribution in [0.2, 0.25) is 5.02 Å². The van der Waals surface area contributed by atoms with Crippen LogP contribution >= 0.6 is 11.6 Å². The maximum atomic E-state index is 14.4. The number of anilines is 1. The molecule has 0 aliphatic rings. The van der Waals surface area contributed by atoms with Crippen LogP contribution in [0.15, 0.2) is 127 Å². The van der Waals surface area contributed by atoms with Crippen molar-refractivity contribution in [1.29, 1.82) is 0 Å². The molecule has 0 amide bonds. The highest BCUT2D eigenvalue weighted by Gasteiger charge is 2.51. The Bertz CT molecular complexity index is 1900. The van der Waals surface area contributed by atoms with E-state index in [9.17, 15) is 4.79 Å². The number of halogens is 1. The molecule has 0 aliphatic heterocycles. The number of esters is 1. The molecule has 0 radical (unpaired) electrons. The van der Waals surface area contributed by atoms with E-state index < -0.39 is 17.6 Å². The third-order valence-electron chi connectivity index (χ3n) is 8.35. The van der Waals surface area contributed by atoms with E-state index in [4.69, 9.17) is 30.5 Å². The monoisotopic (exact) mass is 631 g/mol. The summed E-state index contributed by atoms with van der Waals surface area (Å²) in [4.78, 5) is 14.4. The SMILES string of the molecule is COC(=O)[C@](OCc1c2ccccc2cc2ccccc12)(c1ccc(OC)cc1)[C@@H](Nc1ccc(OC)cc1)c1ccc(Cl)cc1. The largest absolute Gasteiger partial charge is 0.497 e. The number of nitrogens with one attached hydrogen (secondary N) is 1. The van der Waals surface area contributed by atoms with Gasteiger partial charge in [0.25, 0.3) is 0 Å². The van der Waals surface area contributed by atoms with Crippen LogP contribution in [0.5, 0.6) is 11.5 Å². The van der Waals surface area contributed by atoms with Gasteiger partial charge in [0.05, 0.1) is 34.0 Å². The lowest BCUT2D eigenvalue weighted by Gasteiger charge is -2.40. The first kappa shape index (κ1) is 31.0. The molecule has 0 aromatic heterocycles. The molecule has 6 nitrogen and oxygen atoms in total. The molecule has 0 fully saturated rings. The number of ether oxygens (including phenoxy) is 4. The fourth-order valence-corrected chi connectivity index (χ4v) is 6.12. The zero-order chi connectivity index (χ0) is 32.1. The molecule has 232 valence electrons. The summed E-state index contributed by atoms with van der Waals surface area (Å²) in [5, 5.41) is 8.43. The molecule has 0 unspecified atom stereocenters. The molecule has 0 bridgehead atoms. The Kier molecular flexibility index (Phi) is 9.11. The first-order valence-electron chi connectivity index (χ1n) is 14.9. The van der Waals surface area contributed by atoms with E-state index in [2.05, 4.69) is 35.6 Å². The van der Waals surface area contributed by atoms with Gasteiger partial charge in [0.1, 0.15) is 11.5 Å². The second-order valence-electron chi connectivity index (χ2n) is 10.9. The number of rotatable bonds is 11. The molecule has 46 heavy (non-hydrogen) atoms. The normalized spacial score (nSPS) is 13.1. The minimum atomic E-state index is -1.67. The number of hydrogen-bond acceptors (Lipinski definition) is 6. The molecule has 6 aromatic rings.